The summed E-state index contributed by atoms with van der Waals surface area (Å²) >= 11 is 5.92. The summed E-state index contributed by atoms with van der Waals surface area (Å²) in [6.45, 7) is 3.37. The molecule has 0 saturated carbocycles. The minimum absolute atomic E-state index is 0.353. The summed E-state index contributed by atoms with van der Waals surface area (Å²) in [5, 5.41) is 6.00. The minimum Gasteiger partial charge on any atom is -0.325 e. The fourth-order valence-corrected chi connectivity index (χ4v) is 3.34. The number of urea groups is 1. The van der Waals surface area contributed by atoms with Crippen molar-refractivity contribution < 1.29 is 14.4 Å². The Morgan fingerprint density at radius 3 is 2.52 bits per heavy atom. The fourth-order valence-electron chi connectivity index (χ4n) is 3.21. The monoisotopic (exact) mass is 385 g/mol. The van der Waals surface area contributed by atoms with Crippen LogP contribution < -0.4 is 10.6 Å². The first kappa shape index (κ1) is 18.9. The van der Waals surface area contributed by atoms with Crippen LogP contribution in [0.15, 0.2) is 48.5 Å². The van der Waals surface area contributed by atoms with E-state index >= 15 is 0 Å². The Morgan fingerprint density at radius 1 is 1.19 bits per heavy atom. The van der Waals surface area contributed by atoms with Crippen molar-refractivity contribution >= 4 is 35.1 Å². The van der Waals surface area contributed by atoms with Gasteiger partial charge in [-0.2, -0.15) is 0 Å². The number of hydrogen-bond donors (Lipinski definition) is 2. The van der Waals surface area contributed by atoms with E-state index in [1.54, 1.807) is 30.3 Å². The van der Waals surface area contributed by atoms with Crippen LogP contribution in [0.25, 0.3) is 0 Å². The van der Waals surface area contributed by atoms with Crippen molar-refractivity contribution in [3.05, 3.63) is 64.7 Å². The predicted molar refractivity (Wildman–Crippen MR) is 103 cm³/mol. The molecule has 1 unspecified atom stereocenters. The number of benzene rings is 2. The van der Waals surface area contributed by atoms with Crippen LogP contribution in [0.2, 0.25) is 5.02 Å². The summed E-state index contributed by atoms with van der Waals surface area (Å²) in [4.78, 5) is 38.8. The Morgan fingerprint density at radius 2 is 1.89 bits per heavy atom. The average molecular weight is 386 g/mol. The first-order valence-electron chi connectivity index (χ1n) is 8.62. The largest absolute Gasteiger partial charge is 0.325 e. The molecule has 2 aromatic carbocycles. The molecule has 0 bridgehead atoms. The lowest BCUT2D eigenvalue weighted by atomic mass is 9.87. The number of halogens is 1. The van der Waals surface area contributed by atoms with Crippen LogP contribution >= 0.6 is 11.6 Å². The van der Waals surface area contributed by atoms with Crippen molar-refractivity contribution in [2.45, 2.75) is 25.8 Å². The third kappa shape index (κ3) is 3.66. The van der Waals surface area contributed by atoms with Crippen LogP contribution in [-0.2, 0) is 15.1 Å². The molecule has 1 heterocycles. The number of amides is 4. The lowest BCUT2D eigenvalue weighted by Crippen LogP contribution is -2.44. The van der Waals surface area contributed by atoms with Gasteiger partial charge in [-0.3, -0.25) is 14.5 Å². The SMILES string of the molecule is CCC1(c2ccc(Cl)cc2)NC(=O)N(CC(=O)Nc2cccc(C)c2)C1=O. The molecule has 6 nitrogen and oxygen atoms in total. The van der Waals surface area contributed by atoms with Crippen LogP contribution in [-0.4, -0.2) is 29.3 Å². The number of nitrogens with one attached hydrogen (secondary N) is 2. The van der Waals surface area contributed by atoms with E-state index in [1.165, 1.54) is 0 Å². The van der Waals surface area contributed by atoms with Crippen molar-refractivity contribution in [3.63, 3.8) is 0 Å². The molecule has 0 aromatic heterocycles. The molecule has 7 heteroatoms. The zero-order valence-electron chi connectivity index (χ0n) is 15.1. The highest BCUT2D eigenvalue weighted by Gasteiger charge is 2.51. The normalized spacial score (nSPS) is 19.1. The Bertz CT molecular complexity index is 898. The minimum atomic E-state index is -1.19. The van der Waals surface area contributed by atoms with Gasteiger partial charge in [0.2, 0.25) is 5.91 Å². The van der Waals surface area contributed by atoms with Crippen molar-refractivity contribution in [2.75, 3.05) is 11.9 Å². The van der Waals surface area contributed by atoms with E-state index in [2.05, 4.69) is 10.6 Å². The Kier molecular flexibility index (Phi) is 5.19. The van der Waals surface area contributed by atoms with Crippen molar-refractivity contribution in [1.29, 1.82) is 0 Å². The molecule has 1 aliphatic rings. The number of anilines is 1. The van der Waals surface area contributed by atoms with Gasteiger partial charge in [0, 0.05) is 10.7 Å². The first-order valence-corrected chi connectivity index (χ1v) is 9.00. The molecule has 0 aliphatic carbocycles. The standard InChI is InChI=1S/C20H20ClN3O3/c1-3-20(14-7-9-15(21)10-8-14)18(26)24(19(27)23-20)12-17(25)22-16-6-4-5-13(2)11-16/h4-11H,3,12H2,1-2H3,(H,22,25)(H,23,27). The van der Waals surface area contributed by atoms with E-state index in [9.17, 15) is 14.4 Å². The average Bonchev–Trinajstić information content (AvgIpc) is 2.87. The molecular formula is C20H20ClN3O3. The van der Waals surface area contributed by atoms with E-state index in [4.69, 9.17) is 11.6 Å². The van der Waals surface area contributed by atoms with E-state index in [-0.39, 0.29) is 6.54 Å². The number of imide groups is 1. The highest BCUT2D eigenvalue weighted by Crippen LogP contribution is 2.33. The van der Waals surface area contributed by atoms with Gasteiger partial charge in [-0.1, -0.05) is 42.8 Å². The summed E-state index contributed by atoms with van der Waals surface area (Å²) in [5.41, 5.74) is 1.06. The van der Waals surface area contributed by atoms with E-state index < -0.39 is 23.4 Å². The highest BCUT2D eigenvalue weighted by atomic mass is 35.5. The van der Waals surface area contributed by atoms with Crippen LogP contribution in [0.5, 0.6) is 0 Å². The Labute approximate surface area is 162 Å². The van der Waals surface area contributed by atoms with Gasteiger partial charge >= 0.3 is 6.03 Å². The number of nitrogens with zero attached hydrogens (tertiary/aromatic N) is 1. The molecule has 1 atom stereocenters. The quantitative estimate of drug-likeness (QED) is 0.774. The molecule has 1 aliphatic heterocycles. The second kappa shape index (κ2) is 7.40. The maximum absolute atomic E-state index is 13.0. The number of rotatable bonds is 5. The number of hydrogen-bond acceptors (Lipinski definition) is 3. The molecule has 2 aromatic rings. The highest BCUT2D eigenvalue weighted by molar-refractivity contribution is 6.30. The van der Waals surface area contributed by atoms with Crippen molar-refractivity contribution in [2.24, 2.45) is 0 Å². The third-order valence-electron chi connectivity index (χ3n) is 4.65. The summed E-state index contributed by atoms with van der Waals surface area (Å²) in [6, 6.07) is 13.5. The lowest BCUT2D eigenvalue weighted by Gasteiger charge is -2.25. The zero-order chi connectivity index (χ0) is 19.6. The van der Waals surface area contributed by atoms with Gasteiger partial charge in [0.15, 0.2) is 0 Å². The smallest absolute Gasteiger partial charge is 0.325 e. The lowest BCUT2D eigenvalue weighted by molar-refractivity contribution is -0.134. The third-order valence-corrected chi connectivity index (χ3v) is 4.90. The zero-order valence-corrected chi connectivity index (χ0v) is 15.8. The molecule has 4 amide bonds. The summed E-state index contributed by atoms with van der Waals surface area (Å²) in [7, 11) is 0. The molecule has 1 fully saturated rings. The Hall–Kier alpha value is -2.86. The van der Waals surface area contributed by atoms with Crippen molar-refractivity contribution in [3.8, 4) is 0 Å². The van der Waals surface area contributed by atoms with Gasteiger partial charge in [-0.05, 0) is 48.7 Å². The number of carbonyl (C=O) groups is 3. The summed E-state index contributed by atoms with van der Waals surface area (Å²) < 4.78 is 0. The van der Waals surface area contributed by atoms with Crippen LogP contribution in [0, 0.1) is 6.92 Å². The maximum Gasteiger partial charge on any atom is 0.325 e. The number of aryl methyl sites for hydroxylation is 1. The predicted octanol–water partition coefficient (Wildman–Crippen LogP) is 3.44. The van der Waals surface area contributed by atoms with Crippen LogP contribution in [0.1, 0.15) is 24.5 Å². The Balaban J connectivity index is 1.78. The molecule has 2 N–H and O–H groups in total. The van der Waals surface area contributed by atoms with Gasteiger partial charge in [-0.15, -0.1) is 0 Å². The first-order chi connectivity index (χ1) is 12.9. The second-order valence-corrected chi connectivity index (χ2v) is 6.94. The molecule has 140 valence electrons. The molecule has 27 heavy (non-hydrogen) atoms. The topological polar surface area (TPSA) is 78.5 Å². The van der Waals surface area contributed by atoms with Gasteiger partial charge in [0.25, 0.3) is 5.91 Å². The molecule has 3 rings (SSSR count). The molecule has 1 saturated heterocycles. The molecular weight excluding hydrogens is 366 g/mol. The van der Waals surface area contributed by atoms with E-state index in [0.717, 1.165) is 10.5 Å². The molecule has 0 spiro atoms. The van der Waals surface area contributed by atoms with Crippen molar-refractivity contribution in [1.82, 2.24) is 10.2 Å². The van der Waals surface area contributed by atoms with Gasteiger partial charge in [0.1, 0.15) is 12.1 Å². The maximum atomic E-state index is 13.0. The summed E-state index contributed by atoms with van der Waals surface area (Å²) in [5.74, 6) is -0.885. The summed E-state index contributed by atoms with van der Waals surface area (Å²) in [6.07, 6.45) is 0.356. The molecule has 0 radical (unpaired) electrons. The van der Waals surface area contributed by atoms with Gasteiger partial charge in [-0.25, -0.2) is 4.79 Å². The number of carbonyl (C=O) groups excluding carboxylic acids is 3. The van der Waals surface area contributed by atoms with Gasteiger partial charge in [0.05, 0.1) is 0 Å². The van der Waals surface area contributed by atoms with Crippen LogP contribution in [0.4, 0.5) is 10.5 Å². The van der Waals surface area contributed by atoms with E-state index in [0.29, 0.717) is 22.7 Å². The van der Waals surface area contributed by atoms with Crippen LogP contribution in [0.3, 0.4) is 0 Å². The van der Waals surface area contributed by atoms with Gasteiger partial charge < -0.3 is 10.6 Å². The second-order valence-electron chi connectivity index (χ2n) is 6.50. The van der Waals surface area contributed by atoms with E-state index in [1.807, 2.05) is 32.0 Å². The fraction of sp³-hybridized carbons (Fsp3) is 0.250.